The molecule has 0 heterocycles. The SMILES string of the molecule is Fc1cc(Br)cc(Br)c1C=CCCBr. The van der Waals surface area contributed by atoms with E-state index in [9.17, 15) is 4.39 Å². The zero-order valence-electron chi connectivity index (χ0n) is 7.24. The second-order valence-electron chi connectivity index (χ2n) is 2.66. The second-order valence-corrected chi connectivity index (χ2v) is 5.23. The first-order valence-electron chi connectivity index (χ1n) is 4.02. The summed E-state index contributed by atoms with van der Waals surface area (Å²) in [5.41, 5.74) is 0.592. The van der Waals surface area contributed by atoms with Gasteiger partial charge < -0.3 is 0 Å². The lowest BCUT2D eigenvalue weighted by Crippen LogP contribution is -1.84. The molecule has 1 aromatic rings. The highest BCUT2D eigenvalue weighted by molar-refractivity contribution is 9.11. The van der Waals surface area contributed by atoms with Crippen molar-refractivity contribution in [3.63, 3.8) is 0 Å². The highest BCUT2D eigenvalue weighted by atomic mass is 79.9. The lowest BCUT2D eigenvalue weighted by molar-refractivity contribution is 0.623. The summed E-state index contributed by atoms with van der Waals surface area (Å²) in [6.07, 6.45) is 4.61. The van der Waals surface area contributed by atoms with Gasteiger partial charge in [-0.2, -0.15) is 0 Å². The molecule has 1 aromatic carbocycles. The van der Waals surface area contributed by atoms with Gasteiger partial charge in [-0.15, -0.1) is 0 Å². The maximum Gasteiger partial charge on any atom is 0.132 e. The molecule has 1 rings (SSSR count). The molecule has 4 heteroatoms. The van der Waals surface area contributed by atoms with E-state index in [-0.39, 0.29) is 5.82 Å². The molecule has 0 N–H and O–H groups in total. The highest BCUT2D eigenvalue weighted by Crippen LogP contribution is 2.26. The highest BCUT2D eigenvalue weighted by Gasteiger charge is 2.04. The number of alkyl halides is 1. The third-order valence-corrected chi connectivity index (χ3v) is 3.18. The summed E-state index contributed by atoms with van der Waals surface area (Å²) in [6, 6.07) is 3.29. The number of rotatable bonds is 3. The third-order valence-electron chi connectivity index (χ3n) is 1.60. The zero-order valence-corrected chi connectivity index (χ0v) is 12.0. The second kappa shape index (κ2) is 6.03. The molecule has 0 saturated heterocycles. The summed E-state index contributed by atoms with van der Waals surface area (Å²) in [4.78, 5) is 0. The molecule has 0 nitrogen and oxygen atoms in total. The van der Waals surface area contributed by atoms with Crippen molar-refractivity contribution in [1.82, 2.24) is 0 Å². The molecule has 0 aliphatic carbocycles. The van der Waals surface area contributed by atoms with E-state index >= 15 is 0 Å². The van der Waals surface area contributed by atoms with Crippen LogP contribution in [-0.2, 0) is 0 Å². The summed E-state index contributed by atoms with van der Waals surface area (Å²) >= 11 is 9.85. The van der Waals surface area contributed by atoms with E-state index in [2.05, 4.69) is 47.8 Å². The van der Waals surface area contributed by atoms with Crippen LogP contribution in [0.2, 0.25) is 0 Å². The van der Waals surface area contributed by atoms with Crippen molar-refractivity contribution in [1.29, 1.82) is 0 Å². The molecule has 0 unspecified atom stereocenters. The third kappa shape index (κ3) is 3.48. The van der Waals surface area contributed by atoms with Gasteiger partial charge in [0.1, 0.15) is 5.82 Å². The van der Waals surface area contributed by atoms with Crippen LogP contribution in [0.4, 0.5) is 4.39 Å². The van der Waals surface area contributed by atoms with Gasteiger partial charge in [0.05, 0.1) is 0 Å². The monoisotopic (exact) mass is 384 g/mol. The van der Waals surface area contributed by atoms with Gasteiger partial charge >= 0.3 is 0 Å². The summed E-state index contributed by atoms with van der Waals surface area (Å²) < 4.78 is 14.9. The van der Waals surface area contributed by atoms with Crippen molar-refractivity contribution in [2.24, 2.45) is 0 Å². The minimum absolute atomic E-state index is 0.225. The molecule has 0 bridgehead atoms. The lowest BCUT2D eigenvalue weighted by Gasteiger charge is -2.01. The quantitative estimate of drug-likeness (QED) is 0.630. The van der Waals surface area contributed by atoms with Crippen molar-refractivity contribution in [2.45, 2.75) is 6.42 Å². The van der Waals surface area contributed by atoms with Crippen LogP contribution < -0.4 is 0 Å². The largest absolute Gasteiger partial charge is 0.206 e. The minimum atomic E-state index is -0.225. The Morgan fingerprint density at radius 1 is 1.29 bits per heavy atom. The molecule has 0 amide bonds. The maximum atomic E-state index is 13.4. The van der Waals surface area contributed by atoms with Crippen molar-refractivity contribution < 1.29 is 4.39 Å². The first-order valence-corrected chi connectivity index (χ1v) is 6.73. The average Bonchev–Trinajstić information content (AvgIpc) is 2.09. The van der Waals surface area contributed by atoms with E-state index in [0.29, 0.717) is 5.56 Å². The molecule has 14 heavy (non-hydrogen) atoms. The molecule has 0 aromatic heterocycles. The van der Waals surface area contributed by atoms with E-state index in [0.717, 1.165) is 20.7 Å². The summed E-state index contributed by atoms with van der Waals surface area (Å²) in [5, 5.41) is 0.888. The molecule has 76 valence electrons. The lowest BCUT2D eigenvalue weighted by atomic mass is 10.2. The Morgan fingerprint density at radius 3 is 2.57 bits per heavy atom. The van der Waals surface area contributed by atoms with Crippen LogP contribution in [0.15, 0.2) is 27.2 Å². The van der Waals surface area contributed by atoms with Gasteiger partial charge in [-0.05, 0) is 18.6 Å². The minimum Gasteiger partial charge on any atom is -0.206 e. The molecular formula is C10H8Br3F. The van der Waals surface area contributed by atoms with Gasteiger partial charge in [-0.3, -0.25) is 0 Å². The normalized spacial score (nSPS) is 11.1. The Balaban J connectivity index is 2.96. The van der Waals surface area contributed by atoms with Crippen LogP contribution in [0.5, 0.6) is 0 Å². The molecule has 0 radical (unpaired) electrons. The van der Waals surface area contributed by atoms with Crippen LogP contribution in [-0.4, -0.2) is 5.33 Å². The fraction of sp³-hybridized carbons (Fsp3) is 0.200. The Hall–Kier alpha value is 0.330. The Bertz CT molecular complexity index is 324. The fourth-order valence-electron chi connectivity index (χ4n) is 0.977. The van der Waals surface area contributed by atoms with Gasteiger partial charge in [-0.25, -0.2) is 4.39 Å². The van der Waals surface area contributed by atoms with Crippen LogP contribution in [0.3, 0.4) is 0 Å². The van der Waals surface area contributed by atoms with Crippen molar-refractivity contribution in [3.8, 4) is 0 Å². The van der Waals surface area contributed by atoms with Crippen LogP contribution in [0.1, 0.15) is 12.0 Å². The zero-order chi connectivity index (χ0) is 10.6. The predicted octanol–water partition coefficient (Wildman–Crippen LogP) is 5.15. The van der Waals surface area contributed by atoms with Gasteiger partial charge in [0.2, 0.25) is 0 Å². The predicted molar refractivity (Wildman–Crippen MR) is 69.2 cm³/mol. The molecule has 0 saturated carbocycles. The number of hydrogen-bond donors (Lipinski definition) is 0. The Labute approximate surface area is 108 Å². The topological polar surface area (TPSA) is 0 Å². The van der Waals surface area contributed by atoms with E-state index in [1.807, 2.05) is 12.1 Å². The van der Waals surface area contributed by atoms with E-state index in [1.165, 1.54) is 6.07 Å². The molecule has 0 fully saturated rings. The summed E-state index contributed by atoms with van der Waals surface area (Å²) in [6.45, 7) is 0. The first kappa shape index (κ1) is 12.4. The van der Waals surface area contributed by atoms with Gasteiger partial charge in [0.25, 0.3) is 0 Å². The molecule has 0 aliphatic heterocycles. The van der Waals surface area contributed by atoms with E-state index in [1.54, 1.807) is 6.08 Å². The van der Waals surface area contributed by atoms with Gasteiger partial charge in [0, 0.05) is 19.8 Å². The molecule has 0 atom stereocenters. The van der Waals surface area contributed by atoms with Crippen LogP contribution in [0.25, 0.3) is 6.08 Å². The van der Waals surface area contributed by atoms with Crippen LogP contribution in [0, 0.1) is 5.82 Å². The van der Waals surface area contributed by atoms with Crippen molar-refractivity contribution in [2.75, 3.05) is 5.33 Å². The van der Waals surface area contributed by atoms with Crippen molar-refractivity contribution >= 4 is 53.9 Å². The van der Waals surface area contributed by atoms with E-state index in [4.69, 9.17) is 0 Å². The summed E-state index contributed by atoms with van der Waals surface area (Å²) in [5.74, 6) is -0.225. The maximum absolute atomic E-state index is 13.4. The first-order chi connectivity index (χ1) is 6.65. The average molecular weight is 387 g/mol. The van der Waals surface area contributed by atoms with Crippen molar-refractivity contribution in [3.05, 3.63) is 38.5 Å². The number of hydrogen-bond acceptors (Lipinski definition) is 0. The van der Waals surface area contributed by atoms with Crippen LogP contribution >= 0.6 is 47.8 Å². The van der Waals surface area contributed by atoms with Gasteiger partial charge in [0.15, 0.2) is 0 Å². The number of allylic oxidation sites excluding steroid dienone is 1. The fourth-order valence-corrected chi connectivity index (χ4v) is 2.55. The number of benzene rings is 1. The molecule has 0 aliphatic rings. The Kier molecular flexibility index (Phi) is 5.34. The summed E-state index contributed by atoms with van der Waals surface area (Å²) in [7, 11) is 0. The standard InChI is InChI=1S/C10H8Br3F/c11-4-2-1-3-8-9(13)5-7(12)6-10(8)14/h1,3,5-6H,2,4H2. The molecular weight excluding hydrogens is 379 g/mol. The number of halogens is 4. The van der Waals surface area contributed by atoms with E-state index < -0.39 is 0 Å². The molecule has 0 spiro atoms. The Morgan fingerprint density at radius 2 is 2.00 bits per heavy atom. The van der Waals surface area contributed by atoms with Gasteiger partial charge in [-0.1, -0.05) is 59.9 Å². The smallest absolute Gasteiger partial charge is 0.132 e.